The molecule has 0 bridgehead atoms. The van der Waals surface area contributed by atoms with Crippen LogP contribution < -0.4 is 15.4 Å². The molecular formula is C14H17F3N2O2. The fourth-order valence-electron chi connectivity index (χ4n) is 2.25. The SMILES string of the molecule is O=C(NCC1CCCNC1)c1ccc(OC(F)(F)F)cc1. The second-order valence-corrected chi connectivity index (χ2v) is 4.99. The van der Waals surface area contributed by atoms with Crippen LogP contribution in [0.15, 0.2) is 24.3 Å². The fourth-order valence-corrected chi connectivity index (χ4v) is 2.25. The van der Waals surface area contributed by atoms with Crippen molar-refractivity contribution in [2.24, 2.45) is 5.92 Å². The summed E-state index contributed by atoms with van der Waals surface area (Å²) in [6.07, 6.45) is -2.58. The first kappa shape index (κ1) is 15.6. The van der Waals surface area contributed by atoms with E-state index in [0.717, 1.165) is 38.1 Å². The standard InChI is InChI=1S/C14H17F3N2O2/c15-14(16,17)21-12-5-3-11(4-6-12)13(20)19-9-10-2-1-7-18-8-10/h3-6,10,18H,1-2,7-9H2,(H,19,20). The zero-order valence-electron chi connectivity index (χ0n) is 11.4. The van der Waals surface area contributed by atoms with Gasteiger partial charge in [-0.05, 0) is 56.1 Å². The van der Waals surface area contributed by atoms with Crippen LogP contribution in [0.5, 0.6) is 5.75 Å². The lowest BCUT2D eigenvalue weighted by molar-refractivity contribution is -0.274. The van der Waals surface area contributed by atoms with Gasteiger partial charge in [0.05, 0.1) is 0 Å². The Morgan fingerprint density at radius 2 is 2.05 bits per heavy atom. The summed E-state index contributed by atoms with van der Waals surface area (Å²) >= 11 is 0. The Kier molecular flexibility index (Phi) is 5.06. The normalized spacial score (nSPS) is 19.1. The molecular weight excluding hydrogens is 285 g/mol. The van der Waals surface area contributed by atoms with E-state index in [-0.39, 0.29) is 11.7 Å². The molecule has 0 saturated carbocycles. The minimum Gasteiger partial charge on any atom is -0.406 e. The van der Waals surface area contributed by atoms with E-state index in [4.69, 9.17) is 0 Å². The van der Waals surface area contributed by atoms with Gasteiger partial charge in [-0.25, -0.2) is 0 Å². The molecule has 1 aromatic rings. The van der Waals surface area contributed by atoms with Gasteiger partial charge in [0, 0.05) is 12.1 Å². The number of benzene rings is 1. The molecule has 1 atom stereocenters. The molecule has 7 heteroatoms. The van der Waals surface area contributed by atoms with Crippen LogP contribution >= 0.6 is 0 Å². The highest BCUT2D eigenvalue weighted by Crippen LogP contribution is 2.22. The number of hydrogen-bond acceptors (Lipinski definition) is 3. The number of carbonyl (C=O) groups is 1. The molecule has 1 aliphatic heterocycles. The lowest BCUT2D eigenvalue weighted by Gasteiger charge is -2.22. The maximum Gasteiger partial charge on any atom is 0.573 e. The number of rotatable bonds is 4. The summed E-state index contributed by atoms with van der Waals surface area (Å²) in [6, 6.07) is 4.89. The molecule has 0 aromatic heterocycles. The zero-order valence-corrected chi connectivity index (χ0v) is 11.4. The second kappa shape index (κ2) is 6.80. The molecule has 1 amide bonds. The van der Waals surface area contributed by atoms with Crippen molar-refractivity contribution < 1.29 is 22.7 Å². The van der Waals surface area contributed by atoms with E-state index in [2.05, 4.69) is 15.4 Å². The van der Waals surface area contributed by atoms with Crippen LogP contribution in [-0.2, 0) is 0 Å². The molecule has 0 radical (unpaired) electrons. The highest BCUT2D eigenvalue weighted by Gasteiger charge is 2.31. The molecule has 116 valence electrons. The van der Waals surface area contributed by atoms with Gasteiger partial charge in [0.15, 0.2) is 0 Å². The van der Waals surface area contributed by atoms with Crippen molar-refractivity contribution in [3.05, 3.63) is 29.8 Å². The molecule has 1 aromatic carbocycles. The molecule has 2 rings (SSSR count). The zero-order chi connectivity index (χ0) is 15.3. The van der Waals surface area contributed by atoms with Gasteiger partial charge in [0.2, 0.25) is 0 Å². The first-order chi connectivity index (χ1) is 9.94. The van der Waals surface area contributed by atoms with Crippen LogP contribution in [0, 0.1) is 5.92 Å². The van der Waals surface area contributed by atoms with Gasteiger partial charge < -0.3 is 15.4 Å². The maximum atomic E-state index is 12.0. The van der Waals surface area contributed by atoms with Gasteiger partial charge in [-0.1, -0.05) is 0 Å². The third kappa shape index (κ3) is 5.26. The highest BCUT2D eigenvalue weighted by molar-refractivity contribution is 5.94. The Hall–Kier alpha value is -1.76. The average molecular weight is 302 g/mol. The van der Waals surface area contributed by atoms with E-state index in [1.54, 1.807) is 0 Å². The van der Waals surface area contributed by atoms with Gasteiger partial charge in [-0.3, -0.25) is 4.79 Å². The molecule has 1 heterocycles. The quantitative estimate of drug-likeness (QED) is 0.897. The monoisotopic (exact) mass is 302 g/mol. The predicted octanol–water partition coefficient (Wildman–Crippen LogP) is 2.31. The van der Waals surface area contributed by atoms with Crippen molar-refractivity contribution in [2.75, 3.05) is 19.6 Å². The number of alkyl halides is 3. The van der Waals surface area contributed by atoms with Crippen LogP contribution in [0.1, 0.15) is 23.2 Å². The van der Waals surface area contributed by atoms with Crippen molar-refractivity contribution in [1.29, 1.82) is 0 Å². The number of piperidine rings is 1. The Morgan fingerprint density at radius 1 is 1.33 bits per heavy atom. The largest absolute Gasteiger partial charge is 0.573 e. The molecule has 1 saturated heterocycles. The van der Waals surface area contributed by atoms with Crippen molar-refractivity contribution >= 4 is 5.91 Å². The van der Waals surface area contributed by atoms with Crippen LogP contribution in [0.4, 0.5) is 13.2 Å². The molecule has 2 N–H and O–H groups in total. The van der Waals surface area contributed by atoms with E-state index in [1.807, 2.05) is 0 Å². The van der Waals surface area contributed by atoms with E-state index >= 15 is 0 Å². The topological polar surface area (TPSA) is 50.4 Å². The van der Waals surface area contributed by atoms with Crippen LogP contribution in [0.2, 0.25) is 0 Å². The lowest BCUT2D eigenvalue weighted by atomic mass is 10.00. The van der Waals surface area contributed by atoms with Crippen LogP contribution in [0.25, 0.3) is 0 Å². The molecule has 0 spiro atoms. The Bertz CT molecular complexity index is 468. The molecule has 1 fully saturated rings. The second-order valence-electron chi connectivity index (χ2n) is 4.99. The first-order valence-electron chi connectivity index (χ1n) is 6.79. The minimum absolute atomic E-state index is 0.292. The van der Waals surface area contributed by atoms with E-state index < -0.39 is 6.36 Å². The van der Waals surface area contributed by atoms with Crippen LogP contribution in [-0.4, -0.2) is 31.9 Å². The summed E-state index contributed by atoms with van der Waals surface area (Å²) < 4.78 is 39.8. The third-order valence-electron chi connectivity index (χ3n) is 3.30. The molecule has 21 heavy (non-hydrogen) atoms. The molecule has 1 unspecified atom stereocenters. The van der Waals surface area contributed by atoms with Gasteiger partial charge in [-0.2, -0.15) is 0 Å². The van der Waals surface area contributed by atoms with Crippen LogP contribution in [0.3, 0.4) is 0 Å². The van der Waals surface area contributed by atoms with Gasteiger partial charge in [0.25, 0.3) is 5.91 Å². The summed E-state index contributed by atoms with van der Waals surface area (Å²) in [4.78, 5) is 11.9. The summed E-state index contributed by atoms with van der Waals surface area (Å²) in [5.41, 5.74) is 0.313. The summed E-state index contributed by atoms with van der Waals surface area (Å²) in [7, 11) is 0. The van der Waals surface area contributed by atoms with Crippen molar-refractivity contribution in [2.45, 2.75) is 19.2 Å². The van der Waals surface area contributed by atoms with Gasteiger partial charge in [0.1, 0.15) is 5.75 Å². The number of halogens is 3. The highest BCUT2D eigenvalue weighted by atomic mass is 19.4. The van der Waals surface area contributed by atoms with Crippen molar-refractivity contribution in [3.63, 3.8) is 0 Å². The number of hydrogen-bond donors (Lipinski definition) is 2. The van der Waals surface area contributed by atoms with Gasteiger partial charge >= 0.3 is 6.36 Å². The minimum atomic E-state index is -4.72. The summed E-state index contributed by atoms with van der Waals surface area (Å²) in [5.74, 6) is -0.231. The van der Waals surface area contributed by atoms with E-state index in [1.165, 1.54) is 12.1 Å². The first-order valence-corrected chi connectivity index (χ1v) is 6.79. The summed E-state index contributed by atoms with van der Waals surface area (Å²) in [5, 5.41) is 6.05. The Labute approximate surface area is 120 Å². The Morgan fingerprint density at radius 3 is 2.62 bits per heavy atom. The third-order valence-corrected chi connectivity index (χ3v) is 3.30. The maximum absolute atomic E-state index is 12.0. The van der Waals surface area contributed by atoms with Gasteiger partial charge in [-0.15, -0.1) is 13.2 Å². The average Bonchev–Trinajstić information content (AvgIpc) is 2.45. The molecule has 1 aliphatic rings. The lowest BCUT2D eigenvalue weighted by Crippen LogP contribution is -2.38. The summed E-state index contributed by atoms with van der Waals surface area (Å²) in [6.45, 7) is 2.44. The number of amides is 1. The number of ether oxygens (including phenoxy) is 1. The number of carbonyl (C=O) groups excluding carboxylic acids is 1. The molecule has 4 nitrogen and oxygen atoms in total. The van der Waals surface area contributed by atoms with E-state index in [9.17, 15) is 18.0 Å². The van der Waals surface area contributed by atoms with Crippen molar-refractivity contribution in [1.82, 2.24) is 10.6 Å². The van der Waals surface area contributed by atoms with E-state index in [0.29, 0.717) is 18.0 Å². The predicted molar refractivity (Wildman–Crippen MR) is 71.1 cm³/mol. The Balaban J connectivity index is 1.84. The number of nitrogens with one attached hydrogen (secondary N) is 2. The smallest absolute Gasteiger partial charge is 0.406 e. The fraction of sp³-hybridized carbons (Fsp3) is 0.500. The van der Waals surface area contributed by atoms with Crippen molar-refractivity contribution in [3.8, 4) is 5.75 Å². The molecule has 0 aliphatic carbocycles.